The molecule has 0 aliphatic rings. The SMILES string of the molecule is C=CC[C@H](NC(=O)OC(C)(C)C)c1nc(-c2ccc(NC(=O)O)cc2[N+](=O)[O-])cn1COCC[Si](C)(C)C. The second-order valence-electron chi connectivity index (χ2n) is 10.9. The molecule has 0 aliphatic heterocycles. The molecule has 0 radical (unpaired) electrons. The lowest BCUT2D eigenvalue weighted by atomic mass is 10.1. The normalized spacial score (nSPS) is 12.5. The molecule has 38 heavy (non-hydrogen) atoms. The van der Waals surface area contributed by atoms with Crippen molar-refractivity contribution in [3.63, 3.8) is 0 Å². The molecule has 208 valence electrons. The van der Waals surface area contributed by atoms with Crippen molar-refractivity contribution < 1.29 is 29.1 Å². The van der Waals surface area contributed by atoms with Crippen LogP contribution in [0.1, 0.15) is 39.1 Å². The van der Waals surface area contributed by atoms with E-state index in [0.29, 0.717) is 18.9 Å². The molecule has 2 aromatic rings. The fraction of sp³-hybridized carbons (Fsp3) is 0.480. The molecule has 2 amide bonds. The van der Waals surface area contributed by atoms with Crippen LogP contribution in [-0.2, 0) is 16.2 Å². The summed E-state index contributed by atoms with van der Waals surface area (Å²) in [6.45, 7) is 16.4. The zero-order valence-electron chi connectivity index (χ0n) is 22.7. The number of carbonyl (C=O) groups excluding carboxylic acids is 1. The minimum Gasteiger partial charge on any atom is -0.465 e. The Morgan fingerprint density at radius 2 is 2.00 bits per heavy atom. The minimum atomic E-state index is -1.34. The molecule has 0 unspecified atom stereocenters. The highest BCUT2D eigenvalue weighted by Gasteiger charge is 2.26. The van der Waals surface area contributed by atoms with Gasteiger partial charge in [0, 0.05) is 26.9 Å². The fourth-order valence-corrected chi connectivity index (χ4v) is 4.19. The van der Waals surface area contributed by atoms with Crippen LogP contribution < -0.4 is 10.6 Å². The number of amides is 2. The number of nitrogens with zero attached hydrogens (tertiary/aromatic N) is 3. The van der Waals surface area contributed by atoms with Gasteiger partial charge in [-0.3, -0.25) is 15.4 Å². The van der Waals surface area contributed by atoms with Crippen molar-refractivity contribution in [3.05, 3.63) is 53.0 Å². The number of imidazole rings is 1. The fourth-order valence-electron chi connectivity index (χ4n) is 3.43. The molecule has 1 aromatic carbocycles. The molecule has 1 heterocycles. The molecule has 13 heteroatoms. The van der Waals surface area contributed by atoms with Crippen LogP contribution in [0, 0.1) is 10.1 Å². The summed E-state index contributed by atoms with van der Waals surface area (Å²) < 4.78 is 13.0. The van der Waals surface area contributed by atoms with Crippen molar-refractivity contribution in [2.75, 3.05) is 11.9 Å². The van der Waals surface area contributed by atoms with Crippen molar-refractivity contribution in [3.8, 4) is 11.3 Å². The molecule has 12 nitrogen and oxygen atoms in total. The molecule has 2 rings (SSSR count). The average Bonchev–Trinajstić information content (AvgIpc) is 3.18. The molecule has 1 atom stereocenters. The summed E-state index contributed by atoms with van der Waals surface area (Å²) in [6.07, 6.45) is 1.57. The summed E-state index contributed by atoms with van der Waals surface area (Å²) in [5.74, 6) is 0.404. The Hall–Kier alpha value is -3.71. The van der Waals surface area contributed by atoms with E-state index in [2.05, 4.69) is 41.8 Å². The number of ether oxygens (including phenoxy) is 2. The summed E-state index contributed by atoms with van der Waals surface area (Å²) in [5, 5.41) is 25.7. The van der Waals surface area contributed by atoms with Crippen molar-refractivity contribution in [2.24, 2.45) is 0 Å². The van der Waals surface area contributed by atoms with E-state index in [1.807, 2.05) is 0 Å². The summed E-state index contributed by atoms with van der Waals surface area (Å²) >= 11 is 0. The zero-order valence-corrected chi connectivity index (χ0v) is 23.7. The van der Waals surface area contributed by atoms with E-state index in [9.17, 15) is 19.7 Å². The second-order valence-corrected chi connectivity index (χ2v) is 16.6. The molecular weight excluding hydrogens is 510 g/mol. The third kappa shape index (κ3) is 9.63. The number of nitrogens with one attached hydrogen (secondary N) is 2. The maximum absolute atomic E-state index is 12.6. The predicted molar refractivity (Wildman–Crippen MR) is 147 cm³/mol. The molecule has 0 aliphatic carbocycles. The standard InChI is InChI=1S/C25H37N5O7Si/c1-8-9-19(28-24(33)37-25(2,3)4)22-27-20(15-29(22)16-36-12-13-38(5,6)7)18-11-10-17(26-23(31)32)14-21(18)30(34)35/h8,10-11,14-15,19,26H,1,9,12-13,16H2,2-7H3,(H,28,33)(H,31,32)/t19-/m0/s1. The van der Waals surface area contributed by atoms with Gasteiger partial charge in [-0.1, -0.05) is 25.7 Å². The third-order valence-electron chi connectivity index (χ3n) is 5.16. The number of benzene rings is 1. The topological polar surface area (TPSA) is 158 Å². The van der Waals surface area contributed by atoms with Gasteiger partial charge in [0.25, 0.3) is 5.69 Å². The molecule has 0 saturated heterocycles. The van der Waals surface area contributed by atoms with Crippen LogP contribution in [0.15, 0.2) is 37.1 Å². The van der Waals surface area contributed by atoms with E-state index >= 15 is 0 Å². The van der Waals surface area contributed by atoms with Gasteiger partial charge in [-0.2, -0.15) is 0 Å². The number of anilines is 1. The molecule has 0 spiro atoms. The second kappa shape index (κ2) is 12.7. The summed E-state index contributed by atoms with van der Waals surface area (Å²) in [5.41, 5.74) is -0.536. The summed E-state index contributed by atoms with van der Waals surface area (Å²) in [7, 11) is -1.33. The first-order chi connectivity index (χ1) is 17.6. The zero-order chi connectivity index (χ0) is 28.7. The third-order valence-corrected chi connectivity index (χ3v) is 6.86. The van der Waals surface area contributed by atoms with Crippen LogP contribution in [0.5, 0.6) is 0 Å². The van der Waals surface area contributed by atoms with Gasteiger partial charge in [0.1, 0.15) is 18.2 Å². The van der Waals surface area contributed by atoms with Crippen molar-refractivity contribution >= 4 is 31.6 Å². The lowest BCUT2D eigenvalue weighted by Crippen LogP contribution is -2.36. The van der Waals surface area contributed by atoms with Gasteiger partial charge >= 0.3 is 12.2 Å². The van der Waals surface area contributed by atoms with E-state index in [-0.39, 0.29) is 29.4 Å². The Bertz CT molecular complexity index is 1170. The van der Waals surface area contributed by atoms with E-state index in [1.54, 1.807) is 37.6 Å². The van der Waals surface area contributed by atoms with Gasteiger partial charge < -0.3 is 24.5 Å². The molecule has 3 N–H and O–H groups in total. The number of alkyl carbamates (subject to hydrolysis) is 1. The monoisotopic (exact) mass is 547 g/mol. The van der Waals surface area contributed by atoms with Gasteiger partial charge in [-0.25, -0.2) is 14.6 Å². The Labute approximate surface area is 223 Å². The molecule has 0 saturated carbocycles. The van der Waals surface area contributed by atoms with Crippen molar-refractivity contribution in [1.82, 2.24) is 14.9 Å². The highest BCUT2D eigenvalue weighted by molar-refractivity contribution is 6.76. The van der Waals surface area contributed by atoms with Gasteiger partial charge in [0.2, 0.25) is 0 Å². The van der Waals surface area contributed by atoms with Crippen molar-refractivity contribution in [2.45, 2.75) is 71.3 Å². The average molecular weight is 548 g/mol. The highest BCUT2D eigenvalue weighted by atomic mass is 28.3. The number of hydrogen-bond donors (Lipinski definition) is 3. The van der Waals surface area contributed by atoms with Gasteiger partial charge in [0.15, 0.2) is 0 Å². The first-order valence-corrected chi connectivity index (χ1v) is 15.8. The maximum atomic E-state index is 12.6. The first-order valence-electron chi connectivity index (χ1n) is 12.1. The largest absolute Gasteiger partial charge is 0.465 e. The van der Waals surface area contributed by atoms with Gasteiger partial charge in [0.05, 0.1) is 27.9 Å². The van der Waals surface area contributed by atoms with Crippen LogP contribution in [0.25, 0.3) is 11.3 Å². The minimum absolute atomic E-state index is 0.0541. The Morgan fingerprint density at radius 1 is 1.32 bits per heavy atom. The van der Waals surface area contributed by atoms with E-state index in [0.717, 1.165) is 12.1 Å². The van der Waals surface area contributed by atoms with E-state index in [1.165, 1.54) is 12.1 Å². The smallest absolute Gasteiger partial charge is 0.409 e. The van der Waals surface area contributed by atoms with Gasteiger partial charge in [-0.15, -0.1) is 6.58 Å². The van der Waals surface area contributed by atoms with Crippen LogP contribution in [0.2, 0.25) is 25.7 Å². The summed E-state index contributed by atoms with van der Waals surface area (Å²) in [4.78, 5) is 39.4. The number of aromatic nitrogens is 2. The molecule has 1 aromatic heterocycles. The molecule has 0 fully saturated rings. The quantitative estimate of drug-likeness (QED) is 0.0959. The molecule has 0 bridgehead atoms. The van der Waals surface area contributed by atoms with Gasteiger partial charge in [-0.05, 0) is 45.4 Å². The highest BCUT2D eigenvalue weighted by Crippen LogP contribution is 2.33. The number of nitro benzene ring substituents is 1. The van der Waals surface area contributed by atoms with Crippen LogP contribution >= 0.6 is 0 Å². The maximum Gasteiger partial charge on any atom is 0.409 e. The number of carbonyl (C=O) groups is 2. The van der Waals surface area contributed by atoms with E-state index < -0.39 is 36.8 Å². The van der Waals surface area contributed by atoms with E-state index in [4.69, 9.17) is 14.6 Å². The first kappa shape index (κ1) is 30.5. The number of rotatable bonds is 12. The predicted octanol–water partition coefficient (Wildman–Crippen LogP) is 6.00. The molecular formula is C25H37N5O7Si. The number of carboxylic acid groups (broad SMARTS) is 1. The lowest BCUT2D eigenvalue weighted by Gasteiger charge is -2.23. The Morgan fingerprint density at radius 3 is 2.55 bits per heavy atom. The number of nitro groups is 1. The van der Waals surface area contributed by atoms with Crippen LogP contribution in [0.3, 0.4) is 0 Å². The lowest BCUT2D eigenvalue weighted by molar-refractivity contribution is -0.384. The van der Waals surface area contributed by atoms with Crippen LogP contribution in [0.4, 0.5) is 21.0 Å². The Balaban J connectivity index is 2.51. The Kier molecular flexibility index (Phi) is 10.2. The number of hydrogen-bond acceptors (Lipinski definition) is 7. The summed E-state index contributed by atoms with van der Waals surface area (Å²) in [6, 6.07) is 4.27. The van der Waals surface area contributed by atoms with Crippen molar-refractivity contribution in [1.29, 1.82) is 0 Å². The van der Waals surface area contributed by atoms with Crippen LogP contribution in [-0.4, -0.2) is 52.0 Å².